The number of halogens is 1. The average molecular weight is 440 g/mol. The fourth-order valence-corrected chi connectivity index (χ4v) is 3.58. The van der Waals surface area contributed by atoms with E-state index in [1.807, 2.05) is 51.1 Å². The number of aromatic nitrogens is 1. The summed E-state index contributed by atoms with van der Waals surface area (Å²) in [6, 6.07) is 18.7. The highest BCUT2D eigenvalue weighted by Crippen LogP contribution is 2.28. The molecule has 0 radical (unpaired) electrons. The molecule has 0 N–H and O–H groups in total. The second-order valence-electron chi connectivity index (χ2n) is 7.99. The van der Waals surface area contributed by atoms with Crippen LogP contribution < -0.4 is 0 Å². The number of hydrogen-bond acceptors (Lipinski definition) is 3. The molecule has 0 bridgehead atoms. The zero-order chi connectivity index (χ0) is 20.1. The molecule has 0 atom stereocenters. The molecular weight excluding hydrogens is 414 g/mol. The van der Waals surface area contributed by atoms with E-state index in [9.17, 15) is 4.79 Å². The van der Waals surface area contributed by atoms with Crippen molar-refractivity contribution in [3.63, 3.8) is 0 Å². The van der Waals surface area contributed by atoms with Gasteiger partial charge in [0.1, 0.15) is 5.60 Å². The highest BCUT2D eigenvalue weighted by Gasteiger charge is 2.16. The molecule has 1 aromatic heterocycles. The Labute approximate surface area is 175 Å². The lowest BCUT2D eigenvalue weighted by molar-refractivity contribution is -0.154. The molecule has 0 saturated heterocycles. The first-order valence-electron chi connectivity index (χ1n) is 9.68. The second kappa shape index (κ2) is 8.87. The van der Waals surface area contributed by atoms with Gasteiger partial charge in [-0.2, -0.15) is 0 Å². The molecule has 3 nitrogen and oxygen atoms in total. The lowest BCUT2D eigenvalue weighted by Gasteiger charge is -2.19. The van der Waals surface area contributed by atoms with Crippen LogP contribution in [0.4, 0.5) is 0 Å². The number of esters is 1. The Hall–Kier alpha value is -2.20. The Morgan fingerprint density at radius 3 is 2.50 bits per heavy atom. The number of hydrogen-bond donors (Lipinski definition) is 0. The molecule has 3 aromatic rings. The summed E-state index contributed by atoms with van der Waals surface area (Å²) >= 11 is 3.54. The maximum Gasteiger partial charge on any atom is 0.306 e. The summed E-state index contributed by atoms with van der Waals surface area (Å²) < 4.78 is 6.44. The smallest absolute Gasteiger partial charge is 0.306 e. The molecule has 3 rings (SSSR count). The summed E-state index contributed by atoms with van der Waals surface area (Å²) in [4.78, 5) is 16.9. The normalized spacial score (nSPS) is 11.6. The van der Waals surface area contributed by atoms with Crippen molar-refractivity contribution in [2.75, 3.05) is 0 Å². The Kier molecular flexibility index (Phi) is 6.50. The third kappa shape index (κ3) is 5.65. The molecule has 0 aliphatic heterocycles. The van der Waals surface area contributed by atoms with Crippen molar-refractivity contribution in [3.8, 4) is 11.3 Å². The number of aryl methyl sites for hydroxylation is 1. The van der Waals surface area contributed by atoms with Crippen LogP contribution >= 0.6 is 15.9 Å². The molecule has 0 spiro atoms. The number of nitrogens with zero attached hydrogens (tertiary/aromatic N) is 1. The molecule has 0 saturated carbocycles. The van der Waals surface area contributed by atoms with Gasteiger partial charge in [0.15, 0.2) is 0 Å². The third-order valence-corrected chi connectivity index (χ3v) is 4.89. The standard InChI is InChI=1S/C24H26BrNO2/c1-24(2,3)28-22(27)12-8-7-11-18-15-19-16-20(25)13-14-21(19)26-23(18)17-9-5-4-6-10-17/h4-6,9-10,13-16H,7-8,11-12H2,1-3H3. The van der Waals surface area contributed by atoms with Gasteiger partial charge in [0.05, 0.1) is 11.2 Å². The van der Waals surface area contributed by atoms with Gasteiger partial charge in [-0.15, -0.1) is 0 Å². The van der Waals surface area contributed by atoms with E-state index in [-0.39, 0.29) is 5.97 Å². The summed E-state index contributed by atoms with van der Waals surface area (Å²) in [7, 11) is 0. The number of benzene rings is 2. The van der Waals surface area contributed by atoms with Crippen molar-refractivity contribution in [3.05, 3.63) is 64.6 Å². The summed E-state index contributed by atoms with van der Waals surface area (Å²) in [5.74, 6) is -0.128. The van der Waals surface area contributed by atoms with Crippen LogP contribution in [0, 0.1) is 0 Å². The lowest BCUT2D eigenvalue weighted by Crippen LogP contribution is -2.23. The highest BCUT2D eigenvalue weighted by molar-refractivity contribution is 9.10. The van der Waals surface area contributed by atoms with Crippen LogP contribution in [-0.4, -0.2) is 16.6 Å². The molecule has 0 fully saturated rings. The molecule has 1 heterocycles. The second-order valence-corrected chi connectivity index (χ2v) is 8.91. The summed E-state index contributed by atoms with van der Waals surface area (Å²) in [5, 5.41) is 1.12. The Morgan fingerprint density at radius 2 is 1.79 bits per heavy atom. The van der Waals surface area contributed by atoms with Gasteiger partial charge in [-0.25, -0.2) is 4.98 Å². The maximum absolute atomic E-state index is 11.9. The van der Waals surface area contributed by atoms with Gasteiger partial charge in [-0.1, -0.05) is 46.3 Å². The average Bonchev–Trinajstić information content (AvgIpc) is 2.64. The minimum atomic E-state index is -0.423. The van der Waals surface area contributed by atoms with E-state index in [1.165, 1.54) is 5.56 Å². The zero-order valence-corrected chi connectivity index (χ0v) is 18.3. The first kappa shape index (κ1) is 20.5. The monoisotopic (exact) mass is 439 g/mol. The molecule has 0 amide bonds. The molecule has 146 valence electrons. The predicted molar refractivity (Wildman–Crippen MR) is 118 cm³/mol. The summed E-state index contributed by atoms with van der Waals surface area (Å²) in [6.07, 6.45) is 3.05. The summed E-state index contributed by atoms with van der Waals surface area (Å²) in [6.45, 7) is 5.70. The van der Waals surface area contributed by atoms with Crippen molar-refractivity contribution in [2.24, 2.45) is 0 Å². The van der Waals surface area contributed by atoms with Crippen LogP contribution in [0.5, 0.6) is 0 Å². The van der Waals surface area contributed by atoms with Gasteiger partial charge in [0, 0.05) is 21.8 Å². The third-order valence-electron chi connectivity index (χ3n) is 4.40. The molecular formula is C24H26BrNO2. The molecule has 0 unspecified atom stereocenters. The quantitative estimate of drug-likeness (QED) is 0.316. The van der Waals surface area contributed by atoms with Gasteiger partial charge in [0.2, 0.25) is 0 Å². The Balaban J connectivity index is 1.78. The lowest BCUT2D eigenvalue weighted by atomic mass is 9.98. The number of carbonyl (C=O) groups is 1. The number of carbonyl (C=O) groups excluding carboxylic acids is 1. The topological polar surface area (TPSA) is 39.2 Å². The van der Waals surface area contributed by atoms with E-state index in [0.29, 0.717) is 6.42 Å². The van der Waals surface area contributed by atoms with Gasteiger partial charge in [-0.05, 0) is 69.9 Å². The number of unbranched alkanes of at least 4 members (excludes halogenated alkanes) is 1. The number of ether oxygens (including phenoxy) is 1. The first-order chi connectivity index (χ1) is 13.3. The van der Waals surface area contributed by atoms with Crippen molar-refractivity contribution in [1.82, 2.24) is 4.98 Å². The Morgan fingerprint density at radius 1 is 1.04 bits per heavy atom. The molecule has 0 aliphatic rings. The minimum absolute atomic E-state index is 0.128. The molecule has 4 heteroatoms. The van der Waals surface area contributed by atoms with E-state index in [2.05, 4.69) is 40.2 Å². The SMILES string of the molecule is CC(C)(C)OC(=O)CCCCc1cc2cc(Br)ccc2nc1-c1ccccc1. The fraction of sp³-hybridized carbons (Fsp3) is 0.333. The van der Waals surface area contributed by atoms with E-state index in [1.54, 1.807) is 0 Å². The highest BCUT2D eigenvalue weighted by atomic mass is 79.9. The summed E-state index contributed by atoms with van der Waals surface area (Å²) in [5.41, 5.74) is 3.91. The van der Waals surface area contributed by atoms with E-state index < -0.39 is 5.60 Å². The van der Waals surface area contributed by atoms with E-state index in [4.69, 9.17) is 9.72 Å². The molecule has 0 aliphatic carbocycles. The maximum atomic E-state index is 11.9. The van der Waals surface area contributed by atoms with Crippen molar-refractivity contribution >= 4 is 32.8 Å². The van der Waals surface area contributed by atoms with Gasteiger partial charge in [0.25, 0.3) is 0 Å². The molecule has 28 heavy (non-hydrogen) atoms. The largest absolute Gasteiger partial charge is 0.460 e. The van der Waals surface area contributed by atoms with Crippen LogP contribution in [0.1, 0.15) is 45.6 Å². The van der Waals surface area contributed by atoms with Crippen LogP contribution in [0.3, 0.4) is 0 Å². The zero-order valence-electron chi connectivity index (χ0n) is 16.7. The van der Waals surface area contributed by atoms with Crippen LogP contribution in [0.2, 0.25) is 0 Å². The first-order valence-corrected chi connectivity index (χ1v) is 10.5. The number of rotatable bonds is 6. The van der Waals surface area contributed by atoms with Crippen molar-refractivity contribution < 1.29 is 9.53 Å². The van der Waals surface area contributed by atoms with Gasteiger partial charge < -0.3 is 4.74 Å². The van der Waals surface area contributed by atoms with Crippen LogP contribution in [0.15, 0.2) is 59.1 Å². The van der Waals surface area contributed by atoms with E-state index in [0.717, 1.165) is 45.9 Å². The van der Waals surface area contributed by atoms with Crippen LogP contribution in [0.25, 0.3) is 22.2 Å². The van der Waals surface area contributed by atoms with Crippen molar-refractivity contribution in [2.45, 2.75) is 52.1 Å². The van der Waals surface area contributed by atoms with Crippen molar-refractivity contribution in [1.29, 1.82) is 0 Å². The Bertz CT molecular complexity index is 961. The van der Waals surface area contributed by atoms with Gasteiger partial charge in [-0.3, -0.25) is 4.79 Å². The fourth-order valence-electron chi connectivity index (χ4n) is 3.20. The number of fused-ring (bicyclic) bond motifs is 1. The van der Waals surface area contributed by atoms with Gasteiger partial charge >= 0.3 is 5.97 Å². The van der Waals surface area contributed by atoms with E-state index >= 15 is 0 Å². The predicted octanol–water partition coefficient (Wildman–Crippen LogP) is 6.72. The minimum Gasteiger partial charge on any atom is -0.460 e. The molecule has 2 aromatic carbocycles. The number of pyridine rings is 1. The van der Waals surface area contributed by atoms with Crippen LogP contribution in [-0.2, 0) is 16.0 Å².